The van der Waals surface area contributed by atoms with Gasteiger partial charge in [0, 0.05) is 12.3 Å². The first-order chi connectivity index (χ1) is 12.7. The maximum Gasteiger partial charge on any atom is 0.416 e. The van der Waals surface area contributed by atoms with Crippen LogP contribution in [0.25, 0.3) is 11.1 Å². The Morgan fingerprint density at radius 2 is 1.93 bits per heavy atom. The number of pyridine rings is 1. The van der Waals surface area contributed by atoms with Crippen LogP contribution in [0.3, 0.4) is 0 Å². The van der Waals surface area contributed by atoms with E-state index in [9.17, 15) is 22.8 Å². The Kier molecular flexibility index (Phi) is 4.93. The van der Waals surface area contributed by atoms with Gasteiger partial charge in [0.05, 0.1) is 28.9 Å². The van der Waals surface area contributed by atoms with Crippen LogP contribution >= 0.6 is 11.6 Å². The Hall–Kier alpha value is -2.87. The fraction of sp³-hybridized carbons (Fsp3) is 0.167. The number of hydrogen-bond acceptors (Lipinski definition) is 3. The van der Waals surface area contributed by atoms with Crippen LogP contribution in [0.5, 0.6) is 0 Å². The topological polar surface area (TPSA) is 67.8 Å². The van der Waals surface area contributed by atoms with E-state index >= 15 is 0 Å². The van der Waals surface area contributed by atoms with Crippen molar-refractivity contribution in [1.82, 2.24) is 14.8 Å². The Morgan fingerprint density at radius 3 is 2.59 bits per heavy atom. The summed E-state index contributed by atoms with van der Waals surface area (Å²) in [6.45, 7) is 1.38. The summed E-state index contributed by atoms with van der Waals surface area (Å²) in [7, 11) is 0. The summed E-state index contributed by atoms with van der Waals surface area (Å²) in [4.78, 5) is 24.5. The summed E-state index contributed by atoms with van der Waals surface area (Å²) >= 11 is 6.01. The van der Waals surface area contributed by atoms with Crippen molar-refractivity contribution in [3.05, 3.63) is 85.1 Å². The molecule has 9 heteroatoms. The first kappa shape index (κ1) is 18.9. The van der Waals surface area contributed by atoms with Gasteiger partial charge >= 0.3 is 6.18 Å². The summed E-state index contributed by atoms with van der Waals surface area (Å²) < 4.78 is 40.6. The molecule has 140 valence electrons. The highest BCUT2D eigenvalue weighted by Crippen LogP contribution is 2.32. The summed E-state index contributed by atoms with van der Waals surface area (Å²) in [5.74, 6) is 0. The standard InChI is InChI=1S/C18H13ClF3N3O2/c1-10-8-25(9-11-4-2-3-5-13(11)18(20,21)22)15(26)6-12(10)16-14(19)7-23-24-17(16)27/h2-8H,9H2,1H3,(H,24,27). The molecular formula is C18H13ClF3N3O2. The van der Waals surface area contributed by atoms with E-state index in [1.54, 1.807) is 6.92 Å². The molecule has 0 aliphatic rings. The second-order valence-electron chi connectivity index (χ2n) is 5.91. The SMILES string of the molecule is Cc1cn(Cc2ccccc2C(F)(F)F)c(=O)cc1-c1c(Cl)cn[nH]c1=O. The average molecular weight is 396 g/mol. The summed E-state index contributed by atoms with van der Waals surface area (Å²) in [5, 5.41) is 5.88. The molecule has 0 amide bonds. The predicted molar refractivity (Wildman–Crippen MR) is 94.8 cm³/mol. The highest BCUT2D eigenvalue weighted by Gasteiger charge is 2.32. The van der Waals surface area contributed by atoms with Crippen molar-refractivity contribution in [2.24, 2.45) is 0 Å². The molecule has 0 unspecified atom stereocenters. The van der Waals surface area contributed by atoms with Gasteiger partial charge in [0.1, 0.15) is 0 Å². The fourth-order valence-electron chi connectivity index (χ4n) is 2.83. The second kappa shape index (κ2) is 7.03. The van der Waals surface area contributed by atoms with Gasteiger partial charge in [0.25, 0.3) is 11.1 Å². The minimum atomic E-state index is -4.52. The lowest BCUT2D eigenvalue weighted by Gasteiger charge is -2.15. The second-order valence-corrected chi connectivity index (χ2v) is 6.32. The third kappa shape index (κ3) is 3.80. The van der Waals surface area contributed by atoms with E-state index in [2.05, 4.69) is 10.2 Å². The van der Waals surface area contributed by atoms with E-state index in [4.69, 9.17) is 11.6 Å². The number of halogens is 4. The molecule has 0 atom stereocenters. The molecule has 3 rings (SSSR count). The molecule has 1 N–H and O–H groups in total. The number of aromatic nitrogens is 3. The minimum absolute atomic E-state index is 0.0287. The van der Waals surface area contributed by atoms with Crippen molar-refractivity contribution in [3.63, 3.8) is 0 Å². The third-order valence-electron chi connectivity index (χ3n) is 4.07. The van der Waals surface area contributed by atoms with Crippen LogP contribution < -0.4 is 11.1 Å². The predicted octanol–water partition coefficient (Wildman–Crippen LogP) is 3.63. The van der Waals surface area contributed by atoms with E-state index in [0.29, 0.717) is 11.1 Å². The summed E-state index contributed by atoms with van der Waals surface area (Å²) in [5.41, 5.74) is -1.05. The van der Waals surface area contributed by atoms with Gasteiger partial charge in [-0.1, -0.05) is 29.8 Å². The van der Waals surface area contributed by atoms with E-state index in [1.165, 1.54) is 36.7 Å². The number of H-pyrrole nitrogens is 1. The number of aromatic amines is 1. The molecule has 3 aromatic rings. The van der Waals surface area contributed by atoms with Crippen LogP contribution in [-0.4, -0.2) is 14.8 Å². The van der Waals surface area contributed by atoms with Crippen LogP contribution in [0.2, 0.25) is 5.02 Å². The Morgan fingerprint density at radius 1 is 1.22 bits per heavy atom. The number of aryl methyl sites for hydroxylation is 1. The first-order valence-corrected chi connectivity index (χ1v) is 8.16. The van der Waals surface area contributed by atoms with Gasteiger partial charge in [-0.2, -0.15) is 18.3 Å². The van der Waals surface area contributed by atoms with Gasteiger partial charge in [-0.15, -0.1) is 0 Å². The normalized spacial score (nSPS) is 11.6. The minimum Gasteiger partial charge on any atom is -0.311 e. The number of hydrogen-bond donors (Lipinski definition) is 1. The molecule has 2 aromatic heterocycles. The summed E-state index contributed by atoms with van der Waals surface area (Å²) in [6, 6.07) is 6.25. The maximum absolute atomic E-state index is 13.2. The van der Waals surface area contributed by atoms with Gasteiger partial charge in [-0.05, 0) is 29.7 Å². The molecule has 0 saturated carbocycles. The number of benzene rings is 1. The third-order valence-corrected chi connectivity index (χ3v) is 4.35. The van der Waals surface area contributed by atoms with Crippen molar-refractivity contribution in [2.75, 3.05) is 0 Å². The fourth-order valence-corrected chi connectivity index (χ4v) is 3.06. The molecule has 5 nitrogen and oxygen atoms in total. The highest BCUT2D eigenvalue weighted by molar-refractivity contribution is 6.33. The van der Waals surface area contributed by atoms with Crippen molar-refractivity contribution in [1.29, 1.82) is 0 Å². The molecule has 0 fully saturated rings. The lowest BCUT2D eigenvalue weighted by atomic mass is 10.0. The Bertz CT molecular complexity index is 1120. The molecule has 27 heavy (non-hydrogen) atoms. The molecule has 0 radical (unpaired) electrons. The molecule has 0 saturated heterocycles. The van der Waals surface area contributed by atoms with Crippen LogP contribution in [0, 0.1) is 6.92 Å². The van der Waals surface area contributed by atoms with E-state index < -0.39 is 22.9 Å². The first-order valence-electron chi connectivity index (χ1n) is 7.78. The number of nitrogens with zero attached hydrogens (tertiary/aromatic N) is 2. The maximum atomic E-state index is 13.2. The quantitative estimate of drug-likeness (QED) is 0.736. The zero-order chi connectivity index (χ0) is 19.8. The van der Waals surface area contributed by atoms with Crippen LogP contribution in [0.15, 0.2) is 52.3 Å². The zero-order valence-corrected chi connectivity index (χ0v) is 14.7. The van der Waals surface area contributed by atoms with Crippen molar-refractivity contribution < 1.29 is 13.2 Å². The molecular weight excluding hydrogens is 383 g/mol. The average Bonchev–Trinajstić information content (AvgIpc) is 2.58. The zero-order valence-electron chi connectivity index (χ0n) is 14.0. The van der Waals surface area contributed by atoms with E-state index in [1.807, 2.05) is 0 Å². The van der Waals surface area contributed by atoms with Gasteiger partial charge in [0.2, 0.25) is 0 Å². The van der Waals surface area contributed by atoms with Crippen LogP contribution in [-0.2, 0) is 12.7 Å². The lowest BCUT2D eigenvalue weighted by molar-refractivity contribution is -0.138. The Labute approximate surface area is 156 Å². The molecule has 2 heterocycles. The van der Waals surface area contributed by atoms with Gasteiger partial charge in [0.15, 0.2) is 0 Å². The van der Waals surface area contributed by atoms with Gasteiger partial charge < -0.3 is 4.57 Å². The van der Waals surface area contributed by atoms with Crippen molar-refractivity contribution >= 4 is 11.6 Å². The monoisotopic (exact) mass is 395 g/mol. The molecule has 0 bridgehead atoms. The number of nitrogens with one attached hydrogen (secondary N) is 1. The highest BCUT2D eigenvalue weighted by atomic mass is 35.5. The molecule has 0 aliphatic carbocycles. The lowest BCUT2D eigenvalue weighted by Crippen LogP contribution is -2.23. The van der Waals surface area contributed by atoms with E-state index in [-0.39, 0.29) is 22.7 Å². The van der Waals surface area contributed by atoms with Crippen LogP contribution in [0.4, 0.5) is 13.2 Å². The molecule has 1 aromatic carbocycles. The number of alkyl halides is 3. The largest absolute Gasteiger partial charge is 0.416 e. The van der Waals surface area contributed by atoms with Gasteiger partial charge in [-0.25, -0.2) is 5.10 Å². The molecule has 0 aliphatic heterocycles. The Balaban J connectivity index is 2.08. The van der Waals surface area contributed by atoms with E-state index in [0.717, 1.165) is 10.6 Å². The van der Waals surface area contributed by atoms with Gasteiger partial charge in [-0.3, -0.25) is 9.59 Å². The van der Waals surface area contributed by atoms with Crippen molar-refractivity contribution in [3.8, 4) is 11.1 Å². The number of rotatable bonds is 3. The molecule has 0 spiro atoms. The summed E-state index contributed by atoms with van der Waals surface area (Å²) in [6.07, 6.45) is -1.88. The smallest absolute Gasteiger partial charge is 0.311 e. The van der Waals surface area contributed by atoms with Crippen LogP contribution in [0.1, 0.15) is 16.7 Å². The van der Waals surface area contributed by atoms with Crippen molar-refractivity contribution in [2.45, 2.75) is 19.6 Å².